The number of carboxylic acids is 1. The Bertz CT molecular complexity index is 480. The summed E-state index contributed by atoms with van der Waals surface area (Å²) in [5.74, 6) is -1.02. The first-order valence-corrected chi connectivity index (χ1v) is 5.48. The first-order valence-electron chi connectivity index (χ1n) is 5.48. The Kier molecular flexibility index (Phi) is 4.92. The van der Waals surface area contributed by atoms with E-state index in [1.165, 1.54) is 6.08 Å². The minimum absolute atomic E-state index is 0.295. The molecule has 0 fully saturated rings. The molecule has 0 aliphatic carbocycles. The van der Waals surface area contributed by atoms with Crippen LogP contribution in [0.15, 0.2) is 24.3 Å². The lowest BCUT2D eigenvalue weighted by Gasteiger charge is -2.07. The predicted octanol–water partition coefficient (Wildman–Crippen LogP) is 2.66. The van der Waals surface area contributed by atoms with E-state index in [4.69, 9.17) is 9.84 Å². The van der Waals surface area contributed by atoms with E-state index in [1.54, 1.807) is 25.1 Å². The van der Waals surface area contributed by atoms with Gasteiger partial charge in [0.25, 0.3) is 0 Å². The molecule has 0 unspecified atom stereocenters. The number of anilines is 1. The van der Waals surface area contributed by atoms with Crippen molar-refractivity contribution in [2.24, 2.45) is 0 Å². The lowest BCUT2D eigenvalue weighted by molar-refractivity contribution is -0.131. The Balaban J connectivity index is 2.86. The third-order valence-electron chi connectivity index (χ3n) is 2.21. The van der Waals surface area contributed by atoms with E-state index in [-0.39, 0.29) is 0 Å². The predicted molar refractivity (Wildman–Crippen MR) is 68.5 cm³/mol. The zero-order valence-corrected chi connectivity index (χ0v) is 10.3. The van der Waals surface area contributed by atoms with Crippen molar-refractivity contribution < 1.29 is 19.4 Å². The molecule has 1 aromatic carbocycles. The normalized spacial score (nSPS) is 10.3. The van der Waals surface area contributed by atoms with Crippen LogP contribution in [0.25, 0.3) is 6.08 Å². The molecule has 5 heteroatoms. The fourth-order valence-corrected chi connectivity index (χ4v) is 1.34. The second kappa shape index (κ2) is 6.44. The van der Waals surface area contributed by atoms with E-state index in [0.29, 0.717) is 12.3 Å². The average Bonchev–Trinajstić information content (AvgIpc) is 2.30. The molecule has 0 aromatic heterocycles. The molecule has 5 nitrogen and oxygen atoms in total. The second-order valence-electron chi connectivity index (χ2n) is 3.59. The van der Waals surface area contributed by atoms with Crippen LogP contribution in [0.2, 0.25) is 0 Å². The number of aryl methyl sites for hydroxylation is 1. The number of aliphatic carboxylic acids is 1. The molecule has 0 atom stereocenters. The molecule has 1 rings (SSSR count). The van der Waals surface area contributed by atoms with Gasteiger partial charge in [0, 0.05) is 11.8 Å². The smallest absolute Gasteiger partial charge is 0.411 e. The average molecular weight is 249 g/mol. The van der Waals surface area contributed by atoms with Gasteiger partial charge in [-0.05, 0) is 43.2 Å². The van der Waals surface area contributed by atoms with Crippen molar-refractivity contribution in [1.82, 2.24) is 0 Å². The summed E-state index contributed by atoms with van der Waals surface area (Å²) in [5.41, 5.74) is 2.21. The monoisotopic (exact) mass is 249 g/mol. The summed E-state index contributed by atoms with van der Waals surface area (Å²) >= 11 is 0. The van der Waals surface area contributed by atoms with E-state index in [0.717, 1.165) is 17.2 Å². The zero-order valence-electron chi connectivity index (χ0n) is 10.3. The number of carbonyl (C=O) groups is 2. The Morgan fingerprint density at radius 2 is 2.17 bits per heavy atom. The number of ether oxygens (including phenoxy) is 1. The molecule has 0 saturated carbocycles. The van der Waals surface area contributed by atoms with Crippen LogP contribution < -0.4 is 5.32 Å². The van der Waals surface area contributed by atoms with Gasteiger partial charge in [0.1, 0.15) is 0 Å². The van der Waals surface area contributed by atoms with E-state index >= 15 is 0 Å². The molecule has 2 N–H and O–H groups in total. The minimum atomic E-state index is -1.02. The number of carbonyl (C=O) groups excluding carboxylic acids is 1. The third-order valence-corrected chi connectivity index (χ3v) is 2.21. The van der Waals surface area contributed by atoms with E-state index < -0.39 is 12.1 Å². The summed E-state index contributed by atoms with van der Waals surface area (Å²) in [7, 11) is 0. The highest BCUT2D eigenvalue weighted by molar-refractivity contribution is 5.87. The van der Waals surface area contributed by atoms with E-state index in [2.05, 4.69) is 5.32 Å². The molecule has 0 aliphatic rings. The van der Waals surface area contributed by atoms with Crippen molar-refractivity contribution in [2.75, 3.05) is 11.9 Å². The summed E-state index contributed by atoms with van der Waals surface area (Å²) in [6, 6.07) is 5.21. The second-order valence-corrected chi connectivity index (χ2v) is 3.59. The van der Waals surface area contributed by atoms with E-state index in [1.807, 2.05) is 6.92 Å². The maximum atomic E-state index is 11.2. The number of rotatable bonds is 4. The summed E-state index contributed by atoms with van der Waals surface area (Å²) in [6.07, 6.45) is 2.00. The summed E-state index contributed by atoms with van der Waals surface area (Å²) in [4.78, 5) is 21.7. The van der Waals surface area contributed by atoms with Gasteiger partial charge < -0.3 is 9.84 Å². The van der Waals surface area contributed by atoms with Crippen LogP contribution in [0.5, 0.6) is 0 Å². The largest absolute Gasteiger partial charge is 0.478 e. The highest BCUT2D eigenvalue weighted by atomic mass is 16.5. The first kappa shape index (κ1) is 13.8. The fraction of sp³-hybridized carbons (Fsp3) is 0.231. The van der Waals surface area contributed by atoms with Crippen molar-refractivity contribution >= 4 is 23.8 Å². The molecule has 0 saturated heterocycles. The molecule has 1 amide bonds. The Morgan fingerprint density at radius 3 is 2.78 bits per heavy atom. The van der Waals surface area contributed by atoms with Crippen LogP contribution in [-0.4, -0.2) is 23.8 Å². The SMILES string of the molecule is CCOC(=O)Nc1ccc(C)c(C=CC(=O)O)c1. The number of hydrogen-bond donors (Lipinski definition) is 2. The van der Waals surface area contributed by atoms with Crippen molar-refractivity contribution in [1.29, 1.82) is 0 Å². The van der Waals surface area contributed by atoms with Crippen molar-refractivity contribution in [3.05, 3.63) is 35.4 Å². The van der Waals surface area contributed by atoms with Gasteiger partial charge in [-0.15, -0.1) is 0 Å². The highest BCUT2D eigenvalue weighted by Crippen LogP contribution is 2.17. The molecule has 0 heterocycles. The molecule has 0 aliphatic heterocycles. The van der Waals surface area contributed by atoms with Crippen LogP contribution in [0.1, 0.15) is 18.1 Å². The molecule has 0 radical (unpaired) electrons. The summed E-state index contributed by atoms with van der Waals surface area (Å²) in [6.45, 7) is 3.87. The Labute approximate surface area is 105 Å². The highest BCUT2D eigenvalue weighted by Gasteiger charge is 2.03. The van der Waals surface area contributed by atoms with Gasteiger partial charge >= 0.3 is 12.1 Å². The fourth-order valence-electron chi connectivity index (χ4n) is 1.34. The molecule has 96 valence electrons. The number of carboxylic acid groups (broad SMARTS) is 1. The maximum absolute atomic E-state index is 11.2. The van der Waals surface area contributed by atoms with Crippen LogP contribution in [0.3, 0.4) is 0 Å². The van der Waals surface area contributed by atoms with Gasteiger partial charge in [-0.2, -0.15) is 0 Å². The number of benzene rings is 1. The van der Waals surface area contributed by atoms with Gasteiger partial charge in [0.05, 0.1) is 6.61 Å². The molecule has 0 bridgehead atoms. The van der Waals surface area contributed by atoms with Crippen molar-refractivity contribution in [3.8, 4) is 0 Å². The van der Waals surface area contributed by atoms with Gasteiger partial charge in [-0.1, -0.05) is 6.07 Å². The van der Waals surface area contributed by atoms with E-state index in [9.17, 15) is 9.59 Å². The van der Waals surface area contributed by atoms with Crippen LogP contribution in [0, 0.1) is 6.92 Å². The molecular weight excluding hydrogens is 234 g/mol. The van der Waals surface area contributed by atoms with Crippen LogP contribution >= 0.6 is 0 Å². The quantitative estimate of drug-likeness (QED) is 0.804. The standard InChI is InChI=1S/C13H15NO4/c1-3-18-13(17)14-11-6-4-9(2)10(8-11)5-7-12(15)16/h4-8H,3H2,1-2H3,(H,14,17)(H,15,16). The Hall–Kier alpha value is -2.30. The van der Waals surface area contributed by atoms with Gasteiger partial charge in [0.15, 0.2) is 0 Å². The third kappa shape index (κ3) is 4.29. The van der Waals surface area contributed by atoms with Crippen LogP contribution in [-0.2, 0) is 9.53 Å². The summed E-state index contributed by atoms with van der Waals surface area (Å²) < 4.78 is 4.75. The number of hydrogen-bond acceptors (Lipinski definition) is 3. The Morgan fingerprint density at radius 1 is 1.44 bits per heavy atom. The minimum Gasteiger partial charge on any atom is -0.478 e. The maximum Gasteiger partial charge on any atom is 0.411 e. The summed E-state index contributed by atoms with van der Waals surface area (Å²) in [5, 5.41) is 11.1. The molecular formula is C13H15NO4. The lowest BCUT2D eigenvalue weighted by Crippen LogP contribution is -2.13. The molecule has 1 aromatic rings. The first-order chi connectivity index (χ1) is 8.52. The zero-order chi connectivity index (χ0) is 13.5. The van der Waals surface area contributed by atoms with Crippen LogP contribution in [0.4, 0.5) is 10.5 Å². The molecule has 0 spiro atoms. The topological polar surface area (TPSA) is 75.6 Å². The van der Waals surface area contributed by atoms with Gasteiger partial charge in [-0.3, -0.25) is 5.32 Å². The number of amides is 1. The number of nitrogens with one attached hydrogen (secondary N) is 1. The van der Waals surface area contributed by atoms with Gasteiger partial charge in [-0.25, -0.2) is 9.59 Å². The molecule has 18 heavy (non-hydrogen) atoms. The van der Waals surface area contributed by atoms with Crippen molar-refractivity contribution in [2.45, 2.75) is 13.8 Å². The van der Waals surface area contributed by atoms with Gasteiger partial charge in [0.2, 0.25) is 0 Å². The lowest BCUT2D eigenvalue weighted by atomic mass is 10.1. The van der Waals surface area contributed by atoms with Crippen molar-refractivity contribution in [3.63, 3.8) is 0 Å².